The first kappa shape index (κ1) is 17.5. The molecule has 6 heteroatoms. The van der Waals surface area contributed by atoms with Crippen LogP contribution in [0.1, 0.15) is 31.7 Å². The lowest BCUT2D eigenvalue weighted by Gasteiger charge is -2.27. The molecule has 3 nitrogen and oxygen atoms in total. The Kier molecular flexibility index (Phi) is 5.78. The fraction of sp³-hybridized carbons (Fsp3) is 0.533. The molecule has 118 valence electrons. The Bertz CT molecular complexity index is 458. The molecule has 0 saturated heterocycles. The summed E-state index contributed by atoms with van der Waals surface area (Å²) >= 11 is 0. The number of benzene rings is 1. The Morgan fingerprint density at radius 3 is 2.29 bits per heavy atom. The molecule has 1 atom stereocenters. The first-order valence-electron chi connectivity index (χ1n) is 6.57. The zero-order chi connectivity index (χ0) is 16.1. The van der Waals surface area contributed by atoms with Crippen LogP contribution in [0.4, 0.5) is 13.2 Å². The molecule has 0 aliphatic rings. The lowest BCUT2D eigenvalue weighted by Crippen LogP contribution is -2.47. The zero-order valence-electron chi connectivity index (χ0n) is 12.3. The molecule has 1 aromatic carbocycles. The van der Waals surface area contributed by atoms with Crippen molar-refractivity contribution in [3.63, 3.8) is 0 Å². The molecule has 1 unspecified atom stereocenters. The molecule has 0 saturated carbocycles. The van der Waals surface area contributed by atoms with Gasteiger partial charge in [-0.25, -0.2) is 0 Å². The molecule has 21 heavy (non-hydrogen) atoms. The second-order valence-corrected chi connectivity index (χ2v) is 5.57. The summed E-state index contributed by atoms with van der Waals surface area (Å²) in [5.74, 6) is -2.46. The van der Waals surface area contributed by atoms with Gasteiger partial charge in [0.1, 0.15) is 0 Å². The molecule has 0 radical (unpaired) electrons. The molecule has 0 aliphatic carbocycles. The summed E-state index contributed by atoms with van der Waals surface area (Å²) in [6.45, 7) is 3.61. The highest BCUT2D eigenvalue weighted by Gasteiger charge is 2.42. The van der Waals surface area contributed by atoms with Crippen molar-refractivity contribution in [2.24, 2.45) is 0 Å². The number of rotatable bonds is 6. The van der Waals surface area contributed by atoms with Gasteiger partial charge in [-0.3, -0.25) is 4.79 Å². The van der Waals surface area contributed by atoms with Crippen molar-refractivity contribution in [2.45, 2.75) is 37.9 Å². The number of hydrogen-bond acceptors (Lipinski definition) is 2. The quantitative estimate of drug-likeness (QED) is 0.876. The highest BCUT2D eigenvalue weighted by molar-refractivity contribution is 5.77. The fourth-order valence-corrected chi connectivity index (χ4v) is 2.12. The van der Waals surface area contributed by atoms with E-state index in [1.165, 1.54) is 31.4 Å². The third-order valence-electron chi connectivity index (χ3n) is 2.97. The maximum atomic E-state index is 13.1. The minimum atomic E-state index is -4.47. The molecule has 0 bridgehead atoms. The van der Waals surface area contributed by atoms with E-state index in [-0.39, 0.29) is 12.2 Å². The Hall–Kier alpha value is -1.56. The van der Waals surface area contributed by atoms with Gasteiger partial charge in [0, 0.05) is 13.5 Å². The van der Waals surface area contributed by atoms with Crippen molar-refractivity contribution < 1.29 is 22.7 Å². The van der Waals surface area contributed by atoms with Crippen LogP contribution in [0.25, 0.3) is 0 Å². The lowest BCUT2D eigenvalue weighted by atomic mass is 9.94. The fourth-order valence-electron chi connectivity index (χ4n) is 2.12. The highest BCUT2D eigenvalue weighted by Crippen LogP contribution is 2.37. The molecule has 0 fully saturated rings. The number of ether oxygens (including phenoxy) is 1. The predicted molar refractivity (Wildman–Crippen MR) is 74.0 cm³/mol. The molecule has 1 aromatic rings. The summed E-state index contributed by atoms with van der Waals surface area (Å²) in [5.41, 5.74) is -0.622. The average Bonchev–Trinajstić information content (AvgIpc) is 2.35. The summed E-state index contributed by atoms with van der Waals surface area (Å²) < 4.78 is 44.4. The minimum absolute atomic E-state index is 0.0877. The Labute approximate surface area is 122 Å². The van der Waals surface area contributed by atoms with Crippen LogP contribution in [-0.4, -0.2) is 31.3 Å². The molecule has 1 rings (SSSR count). The smallest absolute Gasteiger partial charge is 0.382 e. The topological polar surface area (TPSA) is 38.3 Å². The number of carbonyl (C=O) groups is 1. The Morgan fingerprint density at radius 2 is 1.81 bits per heavy atom. The molecule has 0 spiro atoms. The van der Waals surface area contributed by atoms with Gasteiger partial charge in [0.05, 0.1) is 18.1 Å². The molecule has 1 amide bonds. The first-order valence-corrected chi connectivity index (χ1v) is 6.57. The van der Waals surface area contributed by atoms with Crippen LogP contribution in [0.15, 0.2) is 30.3 Å². The normalized spacial score (nSPS) is 13.8. The van der Waals surface area contributed by atoms with Crippen LogP contribution in [0.5, 0.6) is 0 Å². The minimum Gasteiger partial charge on any atom is -0.382 e. The molecule has 0 aromatic heterocycles. The summed E-state index contributed by atoms with van der Waals surface area (Å²) in [6.07, 6.45) is -5.11. The third-order valence-corrected chi connectivity index (χ3v) is 2.97. The van der Waals surface area contributed by atoms with Gasteiger partial charge >= 0.3 is 6.18 Å². The zero-order valence-corrected chi connectivity index (χ0v) is 12.3. The van der Waals surface area contributed by atoms with Gasteiger partial charge in [0.2, 0.25) is 5.91 Å². The van der Waals surface area contributed by atoms with Gasteiger partial charge in [-0.1, -0.05) is 30.3 Å². The van der Waals surface area contributed by atoms with Gasteiger partial charge < -0.3 is 10.1 Å². The Morgan fingerprint density at radius 1 is 1.24 bits per heavy atom. The number of nitrogens with one attached hydrogen (secondary N) is 1. The average molecular weight is 303 g/mol. The largest absolute Gasteiger partial charge is 0.396 e. The van der Waals surface area contributed by atoms with E-state index in [1.54, 1.807) is 19.9 Å². The van der Waals surface area contributed by atoms with Crippen molar-refractivity contribution in [2.75, 3.05) is 13.7 Å². The number of carbonyl (C=O) groups excluding carboxylic acids is 1. The van der Waals surface area contributed by atoms with Gasteiger partial charge in [-0.2, -0.15) is 13.2 Å². The van der Waals surface area contributed by atoms with E-state index < -0.39 is 30.0 Å². The van der Waals surface area contributed by atoms with Gasteiger partial charge in [0.15, 0.2) is 0 Å². The van der Waals surface area contributed by atoms with E-state index in [0.29, 0.717) is 0 Å². The molecule has 0 heterocycles. The van der Waals surface area contributed by atoms with Gasteiger partial charge in [-0.15, -0.1) is 0 Å². The van der Waals surface area contributed by atoms with Crippen molar-refractivity contribution in [3.8, 4) is 0 Å². The summed E-state index contributed by atoms with van der Waals surface area (Å²) in [7, 11) is 1.47. The number of methoxy groups -OCH3 is 1. The van der Waals surface area contributed by atoms with E-state index in [9.17, 15) is 18.0 Å². The predicted octanol–water partition coefficient (Wildman–Crippen LogP) is 3.26. The molecular weight excluding hydrogens is 283 g/mol. The van der Waals surface area contributed by atoms with E-state index >= 15 is 0 Å². The van der Waals surface area contributed by atoms with Crippen LogP contribution in [0, 0.1) is 0 Å². The van der Waals surface area contributed by atoms with Gasteiger partial charge in [-0.05, 0) is 19.4 Å². The van der Waals surface area contributed by atoms with Crippen LogP contribution >= 0.6 is 0 Å². The van der Waals surface area contributed by atoms with E-state index in [0.717, 1.165) is 0 Å². The highest BCUT2D eigenvalue weighted by atomic mass is 19.4. The van der Waals surface area contributed by atoms with Crippen molar-refractivity contribution in [1.82, 2.24) is 5.32 Å². The Balaban J connectivity index is 2.82. The number of halogens is 3. The van der Waals surface area contributed by atoms with Crippen molar-refractivity contribution in [3.05, 3.63) is 35.9 Å². The first-order chi connectivity index (χ1) is 9.65. The van der Waals surface area contributed by atoms with Crippen LogP contribution in [0.3, 0.4) is 0 Å². The molecule has 1 N–H and O–H groups in total. The second kappa shape index (κ2) is 6.93. The van der Waals surface area contributed by atoms with E-state index in [1.807, 2.05) is 0 Å². The monoisotopic (exact) mass is 303 g/mol. The van der Waals surface area contributed by atoms with Crippen molar-refractivity contribution >= 4 is 5.91 Å². The summed E-state index contributed by atoms with van der Waals surface area (Å²) in [4.78, 5) is 11.9. The SMILES string of the molecule is COCC(C)(C)NC(=O)CC(c1ccccc1)C(F)(F)F. The van der Waals surface area contributed by atoms with Crippen molar-refractivity contribution in [1.29, 1.82) is 0 Å². The summed E-state index contributed by atoms with van der Waals surface area (Å²) in [5, 5.41) is 2.57. The number of alkyl halides is 3. The summed E-state index contributed by atoms with van der Waals surface area (Å²) in [6, 6.07) is 7.46. The van der Waals surface area contributed by atoms with E-state index in [2.05, 4.69) is 5.32 Å². The maximum Gasteiger partial charge on any atom is 0.396 e. The lowest BCUT2D eigenvalue weighted by molar-refractivity contribution is -0.157. The second-order valence-electron chi connectivity index (χ2n) is 5.57. The van der Waals surface area contributed by atoms with Crippen LogP contribution in [0.2, 0.25) is 0 Å². The maximum absolute atomic E-state index is 13.1. The van der Waals surface area contributed by atoms with Crippen LogP contribution < -0.4 is 5.32 Å². The van der Waals surface area contributed by atoms with Gasteiger partial charge in [0.25, 0.3) is 0 Å². The van der Waals surface area contributed by atoms with E-state index in [4.69, 9.17) is 4.74 Å². The van der Waals surface area contributed by atoms with Crippen LogP contribution in [-0.2, 0) is 9.53 Å². The standard InChI is InChI=1S/C15H20F3NO2/c1-14(2,10-21-3)19-13(20)9-12(15(16,17)18)11-7-5-4-6-8-11/h4-8,12H,9-10H2,1-3H3,(H,19,20). The number of amides is 1. The third kappa shape index (κ3) is 5.75. The molecule has 0 aliphatic heterocycles. The number of hydrogen-bond donors (Lipinski definition) is 1. The molecular formula is C15H20F3NO2.